The van der Waals surface area contributed by atoms with E-state index in [4.69, 9.17) is 14.2 Å². The number of ether oxygens (including phenoxy) is 3. The third-order valence-corrected chi connectivity index (χ3v) is 3.57. The summed E-state index contributed by atoms with van der Waals surface area (Å²) in [5.74, 6) is -0.822. The van der Waals surface area contributed by atoms with Gasteiger partial charge in [0.05, 0.1) is 25.0 Å². The lowest BCUT2D eigenvalue weighted by atomic mass is 10.2. The summed E-state index contributed by atoms with van der Waals surface area (Å²) in [6, 6.07) is 13.5. The monoisotopic (exact) mass is 386 g/mol. The predicted molar refractivity (Wildman–Crippen MR) is 103 cm³/mol. The van der Waals surface area contributed by atoms with Crippen molar-refractivity contribution in [3.05, 3.63) is 54.1 Å². The number of rotatable bonds is 9. The van der Waals surface area contributed by atoms with Gasteiger partial charge in [-0.3, -0.25) is 14.4 Å². The Kier molecular flexibility index (Phi) is 7.83. The van der Waals surface area contributed by atoms with Gasteiger partial charge in [0.1, 0.15) is 18.0 Å². The molecule has 2 aromatic carbocycles. The first-order valence-corrected chi connectivity index (χ1v) is 8.63. The molecule has 0 aliphatic heterocycles. The fourth-order valence-electron chi connectivity index (χ4n) is 2.31. The molecule has 0 saturated carbocycles. The van der Waals surface area contributed by atoms with Gasteiger partial charge in [-0.2, -0.15) is 0 Å². The van der Waals surface area contributed by atoms with Crippen LogP contribution >= 0.6 is 0 Å². The van der Waals surface area contributed by atoms with Gasteiger partial charge in [0.25, 0.3) is 11.8 Å². The van der Waals surface area contributed by atoms with E-state index in [1.165, 1.54) is 7.11 Å². The number of carbonyl (C=O) groups excluding carboxylic acids is 3. The number of amides is 2. The highest BCUT2D eigenvalue weighted by Gasteiger charge is 2.14. The van der Waals surface area contributed by atoms with Gasteiger partial charge in [0.15, 0.2) is 6.61 Å². The molecule has 2 N–H and O–H groups in total. The standard InChI is InChI=1S/C20H22N2O6/c1-3-27-16-10-6-4-8-14(16)20(25)21-12-19(24)28-13-18(23)22-15-9-5-7-11-17(15)26-2/h4-11H,3,12-13H2,1-2H3,(H,21,25)(H,22,23). The third-order valence-electron chi connectivity index (χ3n) is 3.57. The van der Waals surface area contributed by atoms with Crippen LogP contribution in [0.1, 0.15) is 17.3 Å². The topological polar surface area (TPSA) is 103 Å². The molecule has 8 heteroatoms. The summed E-state index contributed by atoms with van der Waals surface area (Å²) in [5.41, 5.74) is 0.776. The molecule has 0 atom stereocenters. The van der Waals surface area contributed by atoms with Gasteiger partial charge in [0, 0.05) is 0 Å². The molecule has 0 saturated heterocycles. The highest BCUT2D eigenvalue weighted by molar-refractivity contribution is 5.98. The van der Waals surface area contributed by atoms with Gasteiger partial charge in [-0.05, 0) is 31.2 Å². The normalized spacial score (nSPS) is 9.93. The molecule has 148 valence electrons. The molecule has 0 aliphatic rings. The van der Waals surface area contributed by atoms with E-state index >= 15 is 0 Å². The first kappa shape index (κ1) is 20.8. The van der Waals surface area contributed by atoms with Gasteiger partial charge in [0.2, 0.25) is 0 Å². The summed E-state index contributed by atoms with van der Waals surface area (Å²) in [6.07, 6.45) is 0. The molecule has 28 heavy (non-hydrogen) atoms. The van der Waals surface area contributed by atoms with E-state index in [9.17, 15) is 14.4 Å². The SMILES string of the molecule is CCOc1ccccc1C(=O)NCC(=O)OCC(=O)Nc1ccccc1OC. The summed E-state index contributed by atoms with van der Waals surface area (Å²) in [5, 5.41) is 5.03. The summed E-state index contributed by atoms with van der Waals surface area (Å²) in [4.78, 5) is 35.9. The fraction of sp³-hybridized carbons (Fsp3) is 0.250. The number of para-hydroxylation sites is 3. The average molecular weight is 386 g/mol. The summed E-state index contributed by atoms with van der Waals surface area (Å²) in [6.45, 7) is 1.36. The predicted octanol–water partition coefficient (Wildman–Crippen LogP) is 2.01. The maximum absolute atomic E-state index is 12.2. The van der Waals surface area contributed by atoms with E-state index in [2.05, 4.69) is 10.6 Å². The number of hydrogen-bond donors (Lipinski definition) is 2. The number of hydrogen-bond acceptors (Lipinski definition) is 6. The van der Waals surface area contributed by atoms with Crippen molar-refractivity contribution in [1.82, 2.24) is 5.32 Å². The summed E-state index contributed by atoms with van der Waals surface area (Å²) in [7, 11) is 1.48. The number of nitrogens with one attached hydrogen (secondary N) is 2. The molecule has 0 radical (unpaired) electrons. The Bertz CT molecular complexity index is 837. The van der Waals surface area contributed by atoms with Crippen LogP contribution in [0.15, 0.2) is 48.5 Å². The Labute approximate surface area is 162 Å². The van der Waals surface area contributed by atoms with Crippen molar-refractivity contribution in [1.29, 1.82) is 0 Å². The van der Waals surface area contributed by atoms with E-state index in [0.29, 0.717) is 29.4 Å². The Morgan fingerprint density at radius 2 is 1.64 bits per heavy atom. The lowest BCUT2D eigenvalue weighted by Gasteiger charge is -2.11. The first-order chi connectivity index (χ1) is 13.5. The molecule has 0 heterocycles. The number of carbonyl (C=O) groups is 3. The van der Waals surface area contributed by atoms with Crippen molar-refractivity contribution in [2.24, 2.45) is 0 Å². The largest absolute Gasteiger partial charge is 0.495 e. The van der Waals surface area contributed by atoms with Gasteiger partial charge in [-0.25, -0.2) is 0 Å². The van der Waals surface area contributed by atoms with Crippen LogP contribution in [-0.4, -0.2) is 44.7 Å². The third kappa shape index (κ3) is 6.01. The first-order valence-electron chi connectivity index (χ1n) is 8.63. The second-order valence-corrected chi connectivity index (χ2v) is 5.52. The quantitative estimate of drug-likeness (QED) is 0.639. The van der Waals surface area contributed by atoms with Gasteiger partial charge in [-0.1, -0.05) is 24.3 Å². The van der Waals surface area contributed by atoms with Gasteiger partial charge >= 0.3 is 5.97 Å². The lowest BCUT2D eigenvalue weighted by molar-refractivity contribution is -0.146. The number of methoxy groups -OCH3 is 1. The van der Waals surface area contributed by atoms with E-state index in [-0.39, 0.29) is 6.54 Å². The minimum atomic E-state index is -0.739. The van der Waals surface area contributed by atoms with Crippen molar-refractivity contribution in [3.8, 4) is 11.5 Å². The summed E-state index contributed by atoms with van der Waals surface area (Å²) < 4.78 is 15.4. The Morgan fingerprint density at radius 1 is 0.964 bits per heavy atom. The second-order valence-electron chi connectivity index (χ2n) is 5.52. The van der Waals surface area contributed by atoms with E-state index in [0.717, 1.165) is 0 Å². The molecule has 0 spiro atoms. The zero-order valence-corrected chi connectivity index (χ0v) is 15.7. The van der Waals surface area contributed by atoms with Crippen LogP contribution in [0, 0.1) is 0 Å². The number of esters is 1. The van der Waals surface area contributed by atoms with Crippen molar-refractivity contribution in [2.75, 3.05) is 32.2 Å². The van der Waals surface area contributed by atoms with E-state index in [1.807, 2.05) is 6.92 Å². The number of benzene rings is 2. The highest BCUT2D eigenvalue weighted by atomic mass is 16.5. The molecule has 2 amide bonds. The van der Waals surface area contributed by atoms with Gasteiger partial charge in [-0.15, -0.1) is 0 Å². The number of anilines is 1. The van der Waals surface area contributed by atoms with Crippen LogP contribution < -0.4 is 20.1 Å². The molecule has 2 rings (SSSR count). The van der Waals surface area contributed by atoms with E-state index < -0.39 is 24.4 Å². The maximum atomic E-state index is 12.2. The van der Waals surface area contributed by atoms with Gasteiger partial charge < -0.3 is 24.8 Å². The van der Waals surface area contributed by atoms with Crippen LogP contribution in [0.25, 0.3) is 0 Å². The van der Waals surface area contributed by atoms with E-state index in [1.54, 1.807) is 48.5 Å². The average Bonchev–Trinajstić information content (AvgIpc) is 2.71. The van der Waals surface area contributed by atoms with Crippen molar-refractivity contribution < 1.29 is 28.6 Å². The zero-order valence-electron chi connectivity index (χ0n) is 15.7. The second kappa shape index (κ2) is 10.6. The van der Waals surface area contributed by atoms with Crippen LogP contribution in [0.4, 0.5) is 5.69 Å². The molecule has 0 aromatic heterocycles. The van der Waals surface area contributed by atoms with Crippen LogP contribution in [0.2, 0.25) is 0 Å². The highest BCUT2D eigenvalue weighted by Crippen LogP contribution is 2.22. The lowest BCUT2D eigenvalue weighted by Crippen LogP contribution is -2.32. The van der Waals surface area contributed by atoms with Crippen molar-refractivity contribution in [3.63, 3.8) is 0 Å². The molecule has 8 nitrogen and oxygen atoms in total. The minimum absolute atomic E-state index is 0.311. The Balaban J connectivity index is 1.79. The minimum Gasteiger partial charge on any atom is -0.495 e. The Hall–Kier alpha value is -3.55. The van der Waals surface area contributed by atoms with Crippen molar-refractivity contribution >= 4 is 23.5 Å². The molecule has 0 unspecified atom stereocenters. The smallest absolute Gasteiger partial charge is 0.325 e. The Morgan fingerprint density at radius 3 is 2.36 bits per heavy atom. The van der Waals surface area contributed by atoms with Crippen LogP contribution in [0.3, 0.4) is 0 Å². The molecule has 2 aromatic rings. The zero-order chi connectivity index (χ0) is 20.4. The van der Waals surface area contributed by atoms with Crippen LogP contribution in [0.5, 0.6) is 11.5 Å². The molecule has 0 bridgehead atoms. The van der Waals surface area contributed by atoms with Crippen LogP contribution in [-0.2, 0) is 14.3 Å². The molecule has 0 aliphatic carbocycles. The molecule has 0 fully saturated rings. The van der Waals surface area contributed by atoms with Crippen molar-refractivity contribution in [2.45, 2.75) is 6.92 Å². The molecular formula is C20H22N2O6. The molecular weight excluding hydrogens is 364 g/mol. The maximum Gasteiger partial charge on any atom is 0.325 e. The fourth-order valence-corrected chi connectivity index (χ4v) is 2.31. The summed E-state index contributed by atoms with van der Waals surface area (Å²) >= 11 is 0.